The van der Waals surface area contributed by atoms with Gasteiger partial charge in [0.2, 0.25) is 6.29 Å². The SMILES string of the molecule is CCO[C@H]1OC(C(=O)Nc2ccccc2)=C[C@@H](c2ccc(Br)cc2)[C@H]1CCCO. The van der Waals surface area contributed by atoms with Gasteiger partial charge in [-0.1, -0.05) is 46.3 Å². The van der Waals surface area contributed by atoms with E-state index in [9.17, 15) is 9.90 Å². The lowest BCUT2D eigenvalue weighted by Gasteiger charge is -2.37. The minimum atomic E-state index is -0.554. The van der Waals surface area contributed by atoms with E-state index in [2.05, 4.69) is 21.2 Å². The lowest BCUT2D eigenvalue weighted by molar-refractivity contribution is -0.165. The van der Waals surface area contributed by atoms with Gasteiger partial charge < -0.3 is 19.9 Å². The van der Waals surface area contributed by atoms with Crippen molar-refractivity contribution in [3.8, 4) is 0 Å². The molecule has 5 nitrogen and oxygen atoms in total. The van der Waals surface area contributed by atoms with Gasteiger partial charge in [0.25, 0.3) is 5.91 Å². The zero-order valence-corrected chi connectivity index (χ0v) is 18.0. The number of aliphatic hydroxyl groups is 1. The molecule has 0 aromatic heterocycles. The monoisotopic (exact) mass is 459 g/mol. The van der Waals surface area contributed by atoms with Crippen molar-refractivity contribution in [1.82, 2.24) is 0 Å². The Morgan fingerprint density at radius 3 is 2.55 bits per heavy atom. The molecular formula is C23H26BrNO4. The molecule has 1 heterocycles. The lowest BCUT2D eigenvalue weighted by Crippen LogP contribution is -2.37. The van der Waals surface area contributed by atoms with Crippen molar-refractivity contribution in [3.05, 3.63) is 76.5 Å². The number of rotatable bonds is 8. The van der Waals surface area contributed by atoms with Crippen molar-refractivity contribution in [1.29, 1.82) is 0 Å². The number of aliphatic hydroxyl groups excluding tert-OH is 1. The first-order valence-corrected chi connectivity index (χ1v) is 10.6. The van der Waals surface area contributed by atoms with E-state index in [0.717, 1.165) is 16.5 Å². The van der Waals surface area contributed by atoms with Crippen LogP contribution in [-0.2, 0) is 14.3 Å². The Morgan fingerprint density at radius 2 is 1.90 bits per heavy atom. The van der Waals surface area contributed by atoms with E-state index in [1.807, 2.05) is 67.6 Å². The molecule has 1 amide bonds. The molecule has 0 bridgehead atoms. The third kappa shape index (κ3) is 5.69. The quantitative estimate of drug-likeness (QED) is 0.592. The molecule has 3 rings (SSSR count). The van der Waals surface area contributed by atoms with Gasteiger partial charge in [0.05, 0.1) is 0 Å². The Balaban J connectivity index is 1.92. The Morgan fingerprint density at radius 1 is 1.17 bits per heavy atom. The fraction of sp³-hybridized carbons (Fsp3) is 0.348. The van der Waals surface area contributed by atoms with Gasteiger partial charge in [0.1, 0.15) is 0 Å². The van der Waals surface area contributed by atoms with E-state index >= 15 is 0 Å². The van der Waals surface area contributed by atoms with Crippen LogP contribution in [0, 0.1) is 5.92 Å². The molecule has 154 valence electrons. The predicted octanol–water partition coefficient (Wildman–Crippen LogP) is 4.84. The number of nitrogens with one attached hydrogen (secondary N) is 1. The number of anilines is 1. The normalized spacial score (nSPS) is 21.2. The van der Waals surface area contributed by atoms with Crippen LogP contribution in [0.5, 0.6) is 0 Å². The number of allylic oxidation sites excluding steroid dienone is 1. The minimum absolute atomic E-state index is 0.00319. The van der Waals surface area contributed by atoms with E-state index in [1.54, 1.807) is 0 Å². The summed E-state index contributed by atoms with van der Waals surface area (Å²) in [4.78, 5) is 12.9. The van der Waals surface area contributed by atoms with Crippen LogP contribution in [-0.4, -0.2) is 30.5 Å². The lowest BCUT2D eigenvalue weighted by atomic mass is 9.80. The Bertz CT molecular complexity index is 823. The van der Waals surface area contributed by atoms with Crippen LogP contribution >= 0.6 is 15.9 Å². The number of ether oxygens (including phenoxy) is 2. The molecule has 0 saturated heterocycles. The van der Waals surface area contributed by atoms with Crippen LogP contribution in [0.3, 0.4) is 0 Å². The second kappa shape index (κ2) is 10.6. The number of carbonyl (C=O) groups excluding carboxylic acids is 1. The second-order valence-corrected chi connectivity index (χ2v) is 7.82. The average Bonchev–Trinajstić information content (AvgIpc) is 2.74. The predicted molar refractivity (Wildman–Crippen MR) is 116 cm³/mol. The molecule has 0 fully saturated rings. The highest BCUT2D eigenvalue weighted by atomic mass is 79.9. The van der Waals surface area contributed by atoms with E-state index in [1.165, 1.54) is 0 Å². The van der Waals surface area contributed by atoms with Gasteiger partial charge in [-0.15, -0.1) is 0 Å². The Labute approximate surface area is 179 Å². The van der Waals surface area contributed by atoms with E-state index < -0.39 is 6.29 Å². The minimum Gasteiger partial charge on any atom is -0.459 e. The fourth-order valence-corrected chi connectivity index (χ4v) is 3.81. The number of carbonyl (C=O) groups is 1. The third-order valence-electron chi connectivity index (χ3n) is 4.92. The van der Waals surface area contributed by atoms with Crippen molar-refractivity contribution in [3.63, 3.8) is 0 Å². The highest BCUT2D eigenvalue weighted by Gasteiger charge is 2.37. The van der Waals surface area contributed by atoms with Crippen molar-refractivity contribution < 1.29 is 19.4 Å². The molecule has 6 heteroatoms. The van der Waals surface area contributed by atoms with Crippen molar-refractivity contribution in [2.24, 2.45) is 5.92 Å². The topological polar surface area (TPSA) is 67.8 Å². The molecule has 29 heavy (non-hydrogen) atoms. The first kappa shape index (κ1) is 21.6. The summed E-state index contributed by atoms with van der Waals surface area (Å²) in [6.07, 6.45) is 2.69. The molecule has 1 aliphatic rings. The fourth-order valence-electron chi connectivity index (χ4n) is 3.54. The molecule has 1 aliphatic heterocycles. The maximum atomic E-state index is 12.9. The van der Waals surface area contributed by atoms with Crippen LogP contribution in [0.2, 0.25) is 0 Å². The molecule has 0 radical (unpaired) electrons. The number of para-hydroxylation sites is 1. The largest absolute Gasteiger partial charge is 0.459 e. The second-order valence-electron chi connectivity index (χ2n) is 6.90. The summed E-state index contributed by atoms with van der Waals surface area (Å²) in [6.45, 7) is 2.48. The molecule has 0 spiro atoms. The molecule has 2 aromatic rings. The van der Waals surface area contributed by atoms with E-state index in [4.69, 9.17) is 9.47 Å². The van der Waals surface area contributed by atoms with Crippen molar-refractivity contribution in [2.75, 3.05) is 18.5 Å². The number of amides is 1. The summed E-state index contributed by atoms with van der Waals surface area (Å²) in [6, 6.07) is 17.3. The Kier molecular flexibility index (Phi) is 7.86. The highest BCUT2D eigenvalue weighted by molar-refractivity contribution is 9.10. The smallest absolute Gasteiger partial charge is 0.290 e. The van der Waals surface area contributed by atoms with Crippen LogP contribution < -0.4 is 5.32 Å². The summed E-state index contributed by atoms with van der Waals surface area (Å²) >= 11 is 3.47. The van der Waals surface area contributed by atoms with Gasteiger partial charge in [-0.05, 0) is 55.7 Å². The molecule has 2 aromatic carbocycles. The average molecular weight is 460 g/mol. The summed E-state index contributed by atoms with van der Waals surface area (Å²) in [5, 5.41) is 12.2. The molecule has 0 unspecified atom stereocenters. The van der Waals surface area contributed by atoms with Crippen LogP contribution in [0.4, 0.5) is 5.69 Å². The maximum absolute atomic E-state index is 12.9. The Hall–Kier alpha value is -2.15. The van der Waals surface area contributed by atoms with Crippen molar-refractivity contribution >= 4 is 27.5 Å². The number of halogens is 1. The summed E-state index contributed by atoms with van der Waals surface area (Å²) in [7, 11) is 0. The zero-order chi connectivity index (χ0) is 20.6. The van der Waals surface area contributed by atoms with Crippen molar-refractivity contribution in [2.45, 2.75) is 32.0 Å². The van der Waals surface area contributed by atoms with Crippen LogP contribution in [0.1, 0.15) is 31.2 Å². The van der Waals surface area contributed by atoms with Gasteiger partial charge in [-0.3, -0.25) is 4.79 Å². The number of benzene rings is 2. The third-order valence-corrected chi connectivity index (χ3v) is 5.45. The molecular weight excluding hydrogens is 434 g/mol. The van der Waals surface area contributed by atoms with E-state index in [-0.39, 0.29) is 30.1 Å². The molecule has 0 saturated carbocycles. The number of hydrogen-bond acceptors (Lipinski definition) is 4. The molecule has 0 aliphatic carbocycles. The van der Waals surface area contributed by atoms with Gasteiger partial charge in [0.15, 0.2) is 5.76 Å². The maximum Gasteiger partial charge on any atom is 0.290 e. The van der Waals surface area contributed by atoms with Gasteiger partial charge in [-0.2, -0.15) is 0 Å². The number of hydrogen-bond donors (Lipinski definition) is 2. The highest BCUT2D eigenvalue weighted by Crippen LogP contribution is 2.39. The molecule has 3 atom stereocenters. The van der Waals surface area contributed by atoms with Gasteiger partial charge >= 0.3 is 0 Å². The standard InChI is InChI=1S/C23H26BrNO4/c1-2-28-23-19(9-6-14-26)20(16-10-12-17(24)13-11-16)15-21(29-23)22(27)25-18-7-4-3-5-8-18/h3-5,7-8,10-13,15,19-20,23,26H,2,6,9,14H2,1H3,(H,25,27)/t19-,20+,23+/m1/s1. The molecule has 2 N–H and O–H groups in total. The van der Waals surface area contributed by atoms with Gasteiger partial charge in [0, 0.05) is 35.2 Å². The van der Waals surface area contributed by atoms with Crippen LogP contribution in [0.15, 0.2) is 70.9 Å². The first-order chi connectivity index (χ1) is 14.1. The first-order valence-electron chi connectivity index (χ1n) is 9.85. The summed E-state index contributed by atoms with van der Waals surface area (Å²) < 4.78 is 12.8. The van der Waals surface area contributed by atoms with E-state index in [0.29, 0.717) is 18.7 Å². The zero-order valence-electron chi connectivity index (χ0n) is 16.4. The van der Waals surface area contributed by atoms with Gasteiger partial charge in [-0.25, -0.2) is 0 Å². The summed E-state index contributed by atoms with van der Waals surface area (Å²) in [5.74, 6) is -0.114. The van der Waals surface area contributed by atoms with Crippen LogP contribution in [0.25, 0.3) is 0 Å². The summed E-state index contributed by atoms with van der Waals surface area (Å²) in [5.41, 5.74) is 1.78.